The molecule has 0 unspecified atom stereocenters. The zero-order valence-corrected chi connectivity index (χ0v) is 10.4. The number of benzene rings is 1. The van der Waals surface area contributed by atoms with Crippen LogP contribution in [-0.4, -0.2) is 5.91 Å². The highest BCUT2D eigenvalue weighted by molar-refractivity contribution is 5.85. The van der Waals surface area contributed by atoms with Gasteiger partial charge >= 0.3 is 0 Å². The molecule has 100 valence electrons. The van der Waals surface area contributed by atoms with E-state index in [0.717, 1.165) is 25.0 Å². The normalized spacial score (nSPS) is 16.9. The van der Waals surface area contributed by atoms with Crippen LogP contribution in [0.3, 0.4) is 0 Å². The molecule has 1 aromatic carbocycles. The Hall–Kier alpha value is -1.96. The van der Waals surface area contributed by atoms with E-state index in [4.69, 9.17) is 5.26 Å². The van der Waals surface area contributed by atoms with Crippen molar-refractivity contribution < 1.29 is 13.6 Å². The molecule has 3 nitrogen and oxygen atoms in total. The van der Waals surface area contributed by atoms with Crippen molar-refractivity contribution in [2.75, 3.05) is 0 Å². The standard InChI is InChI=1S/C14H14F2N2O/c15-11-4-3-10(7-12(11)16)8-18-13(19)14(9-17)5-1-2-6-14/h3-4,7H,1-2,5-6,8H2,(H,18,19). The monoisotopic (exact) mass is 264 g/mol. The summed E-state index contributed by atoms with van der Waals surface area (Å²) in [5.41, 5.74) is -0.475. The van der Waals surface area contributed by atoms with Gasteiger partial charge in [0, 0.05) is 6.54 Å². The molecule has 1 aliphatic rings. The zero-order chi connectivity index (χ0) is 13.9. The van der Waals surface area contributed by atoms with Gasteiger partial charge in [-0.1, -0.05) is 18.9 Å². The molecule has 1 aromatic rings. The van der Waals surface area contributed by atoms with Crippen molar-refractivity contribution >= 4 is 5.91 Å². The van der Waals surface area contributed by atoms with Crippen LogP contribution in [0.1, 0.15) is 31.2 Å². The number of carbonyl (C=O) groups is 1. The first-order valence-electron chi connectivity index (χ1n) is 6.21. The minimum absolute atomic E-state index is 0.0967. The number of nitrogens with zero attached hydrogens (tertiary/aromatic N) is 1. The van der Waals surface area contributed by atoms with E-state index in [9.17, 15) is 13.6 Å². The molecule has 0 saturated heterocycles. The lowest BCUT2D eigenvalue weighted by atomic mass is 9.87. The Kier molecular flexibility index (Phi) is 3.79. The van der Waals surface area contributed by atoms with E-state index in [2.05, 4.69) is 11.4 Å². The van der Waals surface area contributed by atoms with Gasteiger partial charge in [-0.25, -0.2) is 8.78 Å². The minimum atomic E-state index is -0.946. The third-order valence-corrected chi connectivity index (χ3v) is 3.54. The van der Waals surface area contributed by atoms with Gasteiger partial charge in [-0.05, 0) is 30.5 Å². The summed E-state index contributed by atoms with van der Waals surface area (Å²) in [5.74, 6) is -2.18. The SMILES string of the molecule is N#CC1(C(=O)NCc2ccc(F)c(F)c2)CCCC1. The molecule has 5 heteroatoms. The second kappa shape index (κ2) is 5.35. The lowest BCUT2D eigenvalue weighted by molar-refractivity contribution is -0.128. The van der Waals surface area contributed by atoms with Crippen LogP contribution >= 0.6 is 0 Å². The summed E-state index contributed by atoms with van der Waals surface area (Å²) >= 11 is 0. The first-order valence-corrected chi connectivity index (χ1v) is 6.21. The number of rotatable bonds is 3. The van der Waals surface area contributed by atoms with E-state index >= 15 is 0 Å². The predicted molar refractivity (Wildman–Crippen MR) is 64.7 cm³/mol. The van der Waals surface area contributed by atoms with E-state index < -0.39 is 17.0 Å². The van der Waals surface area contributed by atoms with Gasteiger partial charge in [0.05, 0.1) is 6.07 Å². The third-order valence-electron chi connectivity index (χ3n) is 3.54. The molecular formula is C14H14F2N2O. The van der Waals surface area contributed by atoms with Gasteiger partial charge in [-0.2, -0.15) is 5.26 Å². The molecule has 0 atom stereocenters. The van der Waals surface area contributed by atoms with Crippen molar-refractivity contribution in [3.63, 3.8) is 0 Å². The molecule has 1 saturated carbocycles. The van der Waals surface area contributed by atoms with Crippen molar-refractivity contribution in [2.24, 2.45) is 5.41 Å². The predicted octanol–water partition coefficient (Wildman–Crippen LogP) is 2.66. The van der Waals surface area contributed by atoms with Crippen LogP contribution in [0.2, 0.25) is 0 Å². The number of nitriles is 1. The third kappa shape index (κ3) is 2.73. The average Bonchev–Trinajstić information content (AvgIpc) is 2.90. The minimum Gasteiger partial charge on any atom is -0.351 e. The summed E-state index contributed by atoms with van der Waals surface area (Å²) in [6.45, 7) is 0.0967. The molecule has 1 fully saturated rings. The summed E-state index contributed by atoms with van der Waals surface area (Å²) in [5, 5.41) is 11.8. The largest absolute Gasteiger partial charge is 0.351 e. The lowest BCUT2D eigenvalue weighted by Crippen LogP contribution is -2.37. The molecule has 0 bridgehead atoms. The molecule has 2 rings (SSSR count). The van der Waals surface area contributed by atoms with Gasteiger partial charge in [0.25, 0.3) is 0 Å². The fraction of sp³-hybridized carbons (Fsp3) is 0.429. The van der Waals surface area contributed by atoms with Crippen LogP contribution in [0.15, 0.2) is 18.2 Å². The smallest absolute Gasteiger partial charge is 0.240 e. The molecular weight excluding hydrogens is 250 g/mol. The molecule has 0 spiro atoms. The maximum atomic E-state index is 13.0. The van der Waals surface area contributed by atoms with Crippen LogP contribution in [0.4, 0.5) is 8.78 Å². The van der Waals surface area contributed by atoms with Gasteiger partial charge in [-0.15, -0.1) is 0 Å². The first-order chi connectivity index (χ1) is 9.07. The van der Waals surface area contributed by atoms with Gasteiger partial charge in [0.15, 0.2) is 11.6 Å². The zero-order valence-electron chi connectivity index (χ0n) is 10.4. The summed E-state index contributed by atoms with van der Waals surface area (Å²) < 4.78 is 25.8. The maximum Gasteiger partial charge on any atom is 0.240 e. The van der Waals surface area contributed by atoms with Gasteiger partial charge in [0.2, 0.25) is 5.91 Å². The van der Waals surface area contributed by atoms with Crippen molar-refractivity contribution in [1.82, 2.24) is 5.32 Å². The van der Waals surface area contributed by atoms with Crippen molar-refractivity contribution in [3.8, 4) is 6.07 Å². The Balaban J connectivity index is 2.00. The van der Waals surface area contributed by atoms with E-state index in [1.165, 1.54) is 6.07 Å². The average molecular weight is 264 g/mol. The number of hydrogen-bond donors (Lipinski definition) is 1. The number of amides is 1. The highest BCUT2D eigenvalue weighted by Gasteiger charge is 2.41. The van der Waals surface area contributed by atoms with Gasteiger partial charge in [-0.3, -0.25) is 4.79 Å². The van der Waals surface area contributed by atoms with E-state index in [0.29, 0.717) is 18.4 Å². The van der Waals surface area contributed by atoms with Crippen molar-refractivity contribution in [2.45, 2.75) is 32.2 Å². The van der Waals surface area contributed by atoms with Crippen molar-refractivity contribution in [1.29, 1.82) is 5.26 Å². The first kappa shape index (κ1) is 13.5. The van der Waals surface area contributed by atoms with Crippen LogP contribution in [0.25, 0.3) is 0 Å². The van der Waals surface area contributed by atoms with Crippen LogP contribution in [0.5, 0.6) is 0 Å². The molecule has 0 heterocycles. The van der Waals surface area contributed by atoms with Crippen molar-refractivity contribution in [3.05, 3.63) is 35.4 Å². The number of carbonyl (C=O) groups excluding carboxylic acids is 1. The summed E-state index contributed by atoms with van der Waals surface area (Å²) in [7, 11) is 0. The molecule has 0 aliphatic heterocycles. The van der Waals surface area contributed by atoms with Crippen LogP contribution < -0.4 is 5.32 Å². The Morgan fingerprint density at radius 3 is 2.58 bits per heavy atom. The number of nitrogens with one attached hydrogen (secondary N) is 1. The second-order valence-electron chi connectivity index (χ2n) is 4.83. The highest BCUT2D eigenvalue weighted by Crippen LogP contribution is 2.37. The van der Waals surface area contributed by atoms with E-state index in [-0.39, 0.29) is 12.5 Å². The Morgan fingerprint density at radius 1 is 1.32 bits per heavy atom. The van der Waals surface area contributed by atoms with Gasteiger partial charge < -0.3 is 5.32 Å². The number of hydrogen-bond acceptors (Lipinski definition) is 2. The molecule has 1 aliphatic carbocycles. The maximum absolute atomic E-state index is 13.0. The summed E-state index contributed by atoms with van der Waals surface area (Å²) in [4.78, 5) is 12.0. The fourth-order valence-electron chi connectivity index (χ4n) is 2.37. The molecule has 1 N–H and O–H groups in total. The number of halogens is 2. The fourth-order valence-corrected chi connectivity index (χ4v) is 2.37. The topological polar surface area (TPSA) is 52.9 Å². The molecule has 1 amide bonds. The quantitative estimate of drug-likeness (QED) is 0.912. The van der Waals surface area contributed by atoms with E-state index in [1.807, 2.05) is 0 Å². The van der Waals surface area contributed by atoms with Crippen LogP contribution in [-0.2, 0) is 11.3 Å². The van der Waals surface area contributed by atoms with Gasteiger partial charge in [0.1, 0.15) is 5.41 Å². The Bertz CT molecular complexity index is 531. The molecule has 0 aromatic heterocycles. The summed E-state index contributed by atoms with van der Waals surface area (Å²) in [6, 6.07) is 5.56. The highest BCUT2D eigenvalue weighted by atomic mass is 19.2. The molecule has 19 heavy (non-hydrogen) atoms. The molecule has 0 radical (unpaired) electrons. The Morgan fingerprint density at radius 2 is 2.00 bits per heavy atom. The second-order valence-corrected chi connectivity index (χ2v) is 4.83. The van der Waals surface area contributed by atoms with Crippen LogP contribution in [0, 0.1) is 28.4 Å². The summed E-state index contributed by atoms with van der Waals surface area (Å²) in [6.07, 6.45) is 2.86. The van der Waals surface area contributed by atoms with E-state index in [1.54, 1.807) is 0 Å². The Labute approximate surface area is 110 Å². The lowest BCUT2D eigenvalue weighted by Gasteiger charge is -2.19.